The zero-order valence-corrected chi connectivity index (χ0v) is 18.3. The van der Waals surface area contributed by atoms with Crippen LogP contribution >= 0.6 is 22.9 Å². The number of aromatic nitrogens is 6. The van der Waals surface area contributed by atoms with Gasteiger partial charge in [-0.3, -0.25) is 4.68 Å². The fourth-order valence-electron chi connectivity index (χ4n) is 3.02. The topological polar surface area (TPSA) is 117 Å². The normalized spacial score (nSPS) is 12.1. The first-order valence-electron chi connectivity index (χ1n) is 9.45. The molecule has 0 bridgehead atoms. The van der Waals surface area contributed by atoms with E-state index in [0.717, 1.165) is 16.3 Å². The summed E-state index contributed by atoms with van der Waals surface area (Å²) >= 11 is 7.63. The van der Waals surface area contributed by atoms with Gasteiger partial charge in [0.1, 0.15) is 5.01 Å². The first kappa shape index (κ1) is 20.9. The highest BCUT2D eigenvalue weighted by atomic mass is 35.5. The summed E-state index contributed by atoms with van der Waals surface area (Å²) < 4.78 is 3.41. The van der Waals surface area contributed by atoms with Crippen LogP contribution in [-0.4, -0.2) is 34.7 Å². The molecule has 4 aromatic rings. The number of hydrogen-bond donors (Lipinski definition) is 1. The van der Waals surface area contributed by atoms with E-state index in [0.29, 0.717) is 29.1 Å². The van der Waals surface area contributed by atoms with Crippen molar-refractivity contribution in [1.82, 2.24) is 29.8 Å². The van der Waals surface area contributed by atoms with Gasteiger partial charge >= 0.3 is 5.82 Å². The highest BCUT2D eigenvalue weighted by molar-refractivity contribution is 7.15. The standard InChI is InChI=1S/C19H19ClN8O2S/c1-12(10-27-13(2)9-17(25-27)28(29)30)18-22-23-19(31-18)21-16-7-8-26(24-16)11-14-5-3-4-6-15(14)20/h3-9,12H,10-11H2,1-2H3,(H,21,23,24). The maximum atomic E-state index is 10.9. The number of nitro groups is 1. The number of hydrogen-bond acceptors (Lipinski definition) is 8. The number of benzene rings is 1. The van der Waals surface area contributed by atoms with Crippen LogP contribution < -0.4 is 5.32 Å². The van der Waals surface area contributed by atoms with Gasteiger partial charge in [-0.25, -0.2) is 0 Å². The van der Waals surface area contributed by atoms with Crippen molar-refractivity contribution in [2.75, 3.05) is 5.32 Å². The van der Waals surface area contributed by atoms with E-state index in [1.807, 2.05) is 43.5 Å². The van der Waals surface area contributed by atoms with E-state index in [1.54, 1.807) is 16.3 Å². The van der Waals surface area contributed by atoms with Crippen LogP contribution in [0.4, 0.5) is 16.8 Å². The van der Waals surface area contributed by atoms with Crippen LogP contribution in [0.15, 0.2) is 42.6 Å². The molecule has 12 heteroatoms. The molecule has 0 fully saturated rings. The minimum Gasteiger partial charge on any atom is -0.358 e. The molecule has 1 aromatic carbocycles. The van der Waals surface area contributed by atoms with Crippen molar-refractivity contribution in [1.29, 1.82) is 0 Å². The molecule has 3 heterocycles. The van der Waals surface area contributed by atoms with Crippen LogP contribution in [0.3, 0.4) is 0 Å². The molecule has 0 amide bonds. The zero-order chi connectivity index (χ0) is 22.0. The Bertz CT molecular complexity index is 1220. The van der Waals surface area contributed by atoms with Crippen LogP contribution in [0.5, 0.6) is 0 Å². The predicted molar refractivity (Wildman–Crippen MR) is 118 cm³/mol. The smallest absolute Gasteiger partial charge is 0.358 e. The molecule has 0 spiro atoms. The first-order chi connectivity index (χ1) is 14.9. The molecule has 0 radical (unpaired) electrons. The Kier molecular flexibility index (Phi) is 5.96. The van der Waals surface area contributed by atoms with E-state index in [2.05, 4.69) is 25.7 Å². The van der Waals surface area contributed by atoms with Crippen LogP contribution in [0, 0.1) is 17.0 Å². The van der Waals surface area contributed by atoms with Gasteiger partial charge in [-0.2, -0.15) is 9.78 Å². The summed E-state index contributed by atoms with van der Waals surface area (Å²) in [6.07, 6.45) is 1.86. The van der Waals surface area contributed by atoms with Gasteiger partial charge in [0.05, 0.1) is 29.9 Å². The van der Waals surface area contributed by atoms with Gasteiger partial charge in [-0.1, -0.05) is 48.1 Å². The summed E-state index contributed by atoms with van der Waals surface area (Å²) in [6, 6.07) is 11.0. The van der Waals surface area contributed by atoms with Gasteiger partial charge in [0, 0.05) is 23.2 Å². The molecule has 0 saturated heterocycles. The van der Waals surface area contributed by atoms with E-state index in [1.165, 1.54) is 17.4 Å². The predicted octanol–water partition coefficient (Wildman–Crippen LogP) is 4.40. The van der Waals surface area contributed by atoms with Crippen molar-refractivity contribution in [2.45, 2.75) is 32.9 Å². The lowest BCUT2D eigenvalue weighted by Gasteiger charge is -2.06. The zero-order valence-electron chi connectivity index (χ0n) is 16.8. The molecule has 1 unspecified atom stereocenters. The van der Waals surface area contributed by atoms with Crippen LogP contribution in [0.2, 0.25) is 5.02 Å². The summed E-state index contributed by atoms with van der Waals surface area (Å²) in [5.74, 6) is 0.488. The van der Waals surface area contributed by atoms with Crippen LogP contribution in [0.1, 0.15) is 29.1 Å². The Balaban J connectivity index is 1.39. The summed E-state index contributed by atoms with van der Waals surface area (Å²) in [6.45, 7) is 4.81. The van der Waals surface area contributed by atoms with E-state index >= 15 is 0 Å². The van der Waals surface area contributed by atoms with Gasteiger partial charge in [0.2, 0.25) is 5.13 Å². The molecule has 160 valence electrons. The SMILES string of the molecule is Cc1cc([N+](=O)[O-])nn1CC(C)c1nnc(Nc2ccn(Cc3ccccc3Cl)n2)s1. The second kappa shape index (κ2) is 8.82. The number of rotatable bonds is 8. The lowest BCUT2D eigenvalue weighted by Crippen LogP contribution is -2.09. The molecule has 0 aliphatic rings. The largest absolute Gasteiger partial charge is 0.390 e. The van der Waals surface area contributed by atoms with Crippen molar-refractivity contribution < 1.29 is 4.92 Å². The molecule has 3 aromatic heterocycles. The maximum Gasteiger partial charge on any atom is 0.390 e. The molecule has 4 rings (SSSR count). The monoisotopic (exact) mass is 458 g/mol. The maximum absolute atomic E-state index is 10.9. The van der Waals surface area contributed by atoms with Gasteiger partial charge < -0.3 is 15.4 Å². The second-order valence-corrected chi connectivity index (χ2v) is 8.46. The van der Waals surface area contributed by atoms with E-state index in [4.69, 9.17) is 11.6 Å². The second-order valence-electron chi connectivity index (χ2n) is 7.04. The molecule has 1 N–H and O–H groups in total. The minimum atomic E-state index is -0.494. The molecule has 0 aliphatic carbocycles. The van der Waals surface area contributed by atoms with Crippen molar-refractivity contribution in [3.05, 3.63) is 74.0 Å². The molecule has 0 aliphatic heterocycles. The Morgan fingerprint density at radius 2 is 2.06 bits per heavy atom. The quantitative estimate of drug-likeness (QED) is 0.307. The molecule has 0 saturated carbocycles. The molecule has 1 atom stereocenters. The van der Waals surface area contributed by atoms with Gasteiger partial charge in [0.25, 0.3) is 0 Å². The molecule has 31 heavy (non-hydrogen) atoms. The van der Waals surface area contributed by atoms with Gasteiger partial charge in [-0.15, -0.1) is 10.2 Å². The van der Waals surface area contributed by atoms with Crippen molar-refractivity contribution in [3.63, 3.8) is 0 Å². The number of anilines is 2. The summed E-state index contributed by atoms with van der Waals surface area (Å²) in [5.41, 5.74) is 1.71. The Morgan fingerprint density at radius 3 is 2.81 bits per heavy atom. The van der Waals surface area contributed by atoms with E-state index < -0.39 is 4.92 Å². The van der Waals surface area contributed by atoms with Crippen molar-refractivity contribution in [3.8, 4) is 0 Å². The fraction of sp³-hybridized carbons (Fsp3) is 0.263. The van der Waals surface area contributed by atoms with E-state index in [-0.39, 0.29) is 11.7 Å². The average Bonchev–Trinajstić information content (AvgIpc) is 3.45. The molecule has 10 nitrogen and oxygen atoms in total. The third kappa shape index (κ3) is 4.89. The summed E-state index contributed by atoms with van der Waals surface area (Å²) in [5, 5.41) is 33.2. The van der Waals surface area contributed by atoms with Gasteiger partial charge in [0.15, 0.2) is 5.82 Å². The third-order valence-corrected chi connectivity index (χ3v) is 6.07. The van der Waals surface area contributed by atoms with Crippen LogP contribution in [0.25, 0.3) is 0 Å². The number of halogens is 1. The van der Waals surface area contributed by atoms with Gasteiger partial charge in [-0.05, 0) is 23.5 Å². The van der Waals surface area contributed by atoms with E-state index in [9.17, 15) is 10.1 Å². The highest BCUT2D eigenvalue weighted by Crippen LogP contribution is 2.27. The highest BCUT2D eigenvalue weighted by Gasteiger charge is 2.20. The third-order valence-electron chi connectivity index (χ3n) is 4.63. The Hall–Kier alpha value is -3.31. The number of nitrogens with one attached hydrogen (secondary N) is 1. The first-order valence-corrected chi connectivity index (χ1v) is 10.6. The Morgan fingerprint density at radius 1 is 1.26 bits per heavy atom. The lowest BCUT2D eigenvalue weighted by molar-refractivity contribution is -0.389. The fourth-order valence-corrected chi connectivity index (χ4v) is 4.00. The van der Waals surface area contributed by atoms with Crippen molar-refractivity contribution in [2.24, 2.45) is 0 Å². The Labute approximate surface area is 186 Å². The van der Waals surface area contributed by atoms with Crippen molar-refractivity contribution >= 4 is 39.7 Å². The summed E-state index contributed by atoms with van der Waals surface area (Å²) in [7, 11) is 0. The minimum absolute atomic E-state index is 0.0102. The molecular weight excluding hydrogens is 440 g/mol. The lowest BCUT2D eigenvalue weighted by atomic mass is 10.2. The summed E-state index contributed by atoms with van der Waals surface area (Å²) in [4.78, 5) is 10.4. The molecular formula is C19H19ClN8O2S. The number of aryl methyl sites for hydroxylation is 1. The number of nitrogens with zero attached hydrogens (tertiary/aromatic N) is 7. The van der Waals surface area contributed by atoms with Crippen LogP contribution in [-0.2, 0) is 13.1 Å². The average molecular weight is 459 g/mol.